The van der Waals surface area contributed by atoms with Crippen LogP contribution in [0.3, 0.4) is 0 Å². The average Bonchev–Trinajstić information content (AvgIpc) is 2.61. The van der Waals surface area contributed by atoms with E-state index in [1.165, 1.54) is 0 Å². The second kappa shape index (κ2) is 8.88. The number of ether oxygens (including phenoxy) is 1. The molecule has 1 amide bonds. The summed E-state index contributed by atoms with van der Waals surface area (Å²) < 4.78 is 5.10. The number of aliphatic carboxylic acids is 1. The van der Waals surface area contributed by atoms with E-state index in [-0.39, 0.29) is 18.2 Å². The number of amides is 1. The molecule has 1 saturated carbocycles. The number of carbonyl (C=O) groups is 2. The van der Waals surface area contributed by atoms with Crippen LogP contribution in [0.4, 0.5) is 0 Å². The third-order valence-electron chi connectivity index (χ3n) is 5.30. The zero-order chi connectivity index (χ0) is 18.4. The van der Waals surface area contributed by atoms with E-state index in [4.69, 9.17) is 4.74 Å². The Bertz CT molecular complexity index is 574. The van der Waals surface area contributed by atoms with Crippen molar-refractivity contribution in [2.75, 3.05) is 7.11 Å². The zero-order valence-corrected chi connectivity index (χ0v) is 15.3. The van der Waals surface area contributed by atoms with Crippen LogP contribution >= 0.6 is 0 Å². The van der Waals surface area contributed by atoms with Crippen LogP contribution in [0.5, 0.6) is 5.75 Å². The molecule has 0 saturated heterocycles. The molecule has 1 aliphatic carbocycles. The van der Waals surface area contributed by atoms with Crippen LogP contribution in [-0.4, -0.2) is 30.1 Å². The number of benzene rings is 1. The van der Waals surface area contributed by atoms with Gasteiger partial charge in [0.2, 0.25) is 5.91 Å². The second-order valence-electron chi connectivity index (χ2n) is 7.31. The lowest BCUT2D eigenvalue weighted by Gasteiger charge is -2.30. The molecule has 5 heteroatoms. The first kappa shape index (κ1) is 19.3. The first-order chi connectivity index (χ1) is 11.9. The van der Waals surface area contributed by atoms with Crippen molar-refractivity contribution in [3.63, 3.8) is 0 Å². The van der Waals surface area contributed by atoms with Gasteiger partial charge in [-0.2, -0.15) is 0 Å². The van der Waals surface area contributed by atoms with Crippen molar-refractivity contribution in [3.8, 4) is 5.75 Å². The Morgan fingerprint density at radius 3 is 2.24 bits per heavy atom. The highest BCUT2D eigenvalue weighted by Crippen LogP contribution is 2.33. The first-order valence-electron chi connectivity index (χ1n) is 9.06. The second-order valence-corrected chi connectivity index (χ2v) is 7.31. The smallest absolute Gasteiger partial charge is 0.326 e. The molecular formula is C20H29NO4. The van der Waals surface area contributed by atoms with Crippen LogP contribution in [0.15, 0.2) is 24.3 Å². The molecule has 5 nitrogen and oxygen atoms in total. The lowest BCUT2D eigenvalue weighted by molar-refractivity contribution is -0.142. The number of hydrogen-bond acceptors (Lipinski definition) is 3. The van der Waals surface area contributed by atoms with Gasteiger partial charge in [-0.05, 0) is 55.2 Å². The standard InChI is InChI=1S/C20H29NO4/c1-13(2)15-6-8-16(9-7-15)19(22)21-18(20(23)24)12-14-4-10-17(25-3)11-5-14/h4-5,10-11,13,15-16,18H,6-9,12H2,1-3H3,(H,21,22)(H,23,24)/t15?,16?,18-/m0/s1. The average molecular weight is 347 g/mol. The number of methoxy groups -OCH3 is 1. The van der Waals surface area contributed by atoms with Gasteiger partial charge >= 0.3 is 5.97 Å². The van der Waals surface area contributed by atoms with E-state index in [1.807, 2.05) is 12.1 Å². The number of nitrogens with one attached hydrogen (secondary N) is 1. The predicted octanol–water partition coefficient (Wildman–Crippen LogP) is 3.27. The van der Waals surface area contributed by atoms with Crippen LogP contribution in [0, 0.1) is 17.8 Å². The van der Waals surface area contributed by atoms with Crippen LogP contribution in [0.2, 0.25) is 0 Å². The molecule has 2 N–H and O–H groups in total. The van der Waals surface area contributed by atoms with E-state index >= 15 is 0 Å². The van der Waals surface area contributed by atoms with Crippen LogP contribution in [0.25, 0.3) is 0 Å². The molecule has 2 rings (SSSR count). The van der Waals surface area contributed by atoms with Crippen molar-refractivity contribution in [3.05, 3.63) is 29.8 Å². The summed E-state index contributed by atoms with van der Waals surface area (Å²) >= 11 is 0. The van der Waals surface area contributed by atoms with Crippen molar-refractivity contribution in [1.82, 2.24) is 5.32 Å². The number of rotatable bonds is 7. The van der Waals surface area contributed by atoms with E-state index < -0.39 is 12.0 Å². The van der Waals surface area contributed by atoms with Gasteiger partial charge < -0.3 is 15.2 Å². The third kappa shape index (κ3) is 5.48. The van der Waals surface area contributed by atoms with Gasteiger partial charge in [0.1, 0.15) is 11.8 Å². The molecule has 0 aliphatic heterocycles. The molecule has 1 aliphatic rings. The fourth-order valence-corrected chi connectivity index (χ4v) is 3.54. The molecule has 0 bridgehead atoms. The fourth-order valence-electron chi connectivity index (χ4n) is 3.54. The number of hydrogen-bond donors (Lipinski definition) is 2. The Balaban J connectivity index is 1.92. The minimum Gasteiger partial charge on any atom is -0.497 e. The third-order valence-corrected chi connectivity index (χ3v) is 5.30. The molecule has 1 aromatic carbocycles. The minimum absolute atomic E-state index is 0.0623. The van der Waals surface area contributed by atoms with Crippen LogP contribution < -0.4 is 10.1 Å². The van der Waals surface area contributed by atoms with E-state index in [2.05, 4.69) is 19.2 Å². The molecule has 138 valence electrons. The molecular weight excluding hydrogens is 318 g/mol. The van der Waals surface area contributed by atoms with Crippen molar-refractivity contribution in [2.24, 2.45) is 17.8 Å². The monoisotopic (exact) mass is 347 g/mol. The van der Waals surface area contributed by atoms with E-state index in [1.54, 1.807) is 19.2 Å². The first-order valence-corrected chi connectivity index (χ1v) is 9.06. The molecule has 1 aromatic rings. The van der Waals surface area contributed by atoms with Crippen LogP contribution in [-0.2, 0) is 16.0 Å². The summed E-state index contributed by atoms with van der Waals surface area (Å²) in [5.41, 5.74) is 0.858. The molecule has 0 heterocycles. The van der Waals surface area contributed by atoms with Gasteiger partial charge in [0.05, 0.1) is 7.11 Å². The topological polar surface area (TPSA) is 75.6 Å². The number of carboxylic acid groups (broad SMARTS) is 1. The normalized spacial score (nSPS) is 21.6. The number of carbonyl (C=O) groups excluding carboxylic acids is 1. The summed E-state index contributed by atoms with van der Waals surface area (Å²) in [4.78, 5) is 24.0. The predicted molar refractivity (Wildman–Crippen MR) is 96.6 cm³/mol. The maximum atomic E-state index is 12.5. The summed E-state index contributed by atoms with van der Waals surface area (Å²) in [6, 6.07) is 6.35. The quantitative estimate of drug-likeness (QED) is 0.794. The minimum atomic E-state index is -1.000. The van der Waals surface area contributed by atoms with Gasteiger partial charge in [-0.15, -0.1) is 0 Å². The van der Waals surface area contributed by atoms with E-state index in [0.29, 0.717) is 11.8 Å². The molecule has 25 heavy (non-hydrogen) atoms. The Morgan fingerprint density at radius 1 is 1.16 bits per heavy atom. The highest BCUT2D eigenvalue weighted by atomic mass is 16.5. The summed E-state index contributed by atoms with van der Waals surface area (Å²) in [6.07, 6.45) is 4.07. The van der Waals surface area contributed by atoms with Gasteiger partial charge in [0.25, 0.3) is 0 Å². The Morgan fingerprint density at radius 2 is 1.76 bits per heavy atom. The zero-order valence-electron chi connectivity index (χ0n) is 15.3. The molecule has 0 aromatic heterocycles. The van der Waals surface area contributed by atoms with Crippen molar-refractivity contribution in [2.45, 2.75) is 52.0 Å². The highest BCUT2D eigenvalue weighted by Gasteiger charge is 2.30. The Hall–Kier alpha value is -2.04. The van der Waals surface area contributed by atoms with Gasteiger partial charge in [0.15, 0.2) is 0 Å². The lowest BCUT2D eigenvalue weighted by Crippen LogP contribution is -2.45. The lowest BCUT2D eigenvalue weighted by atomic mass is 9.76. The maximum Gasteiger partial charge on any atom is 0.326 e. The molecule has 0 radical (unpaired) electrons. The van der Waals surface area contributed by atoms with Crippen molar-refractivity contribution >= 4 is 11.9 Å². The van der Waals surface area contributed by atoms with Gasteiger partial charge in [-0.3, -0.25) is 4.79 Å². The summed E-state index contributed by atoms with van der Waals surface area (Å²) in [5.74, 6) is 0.863. The Kier molecular flexibility index (Phi) is 6.85. The van der Waals surface area contributed by atoms with Gasteiger partial charge in [0, 0.05) is 12.3 Å². The SMILES string of the molecule is COc1ccc(C[C@H](NC(=O)C2CCC(C(C)C)CC2)C(=O)O)cc1. The molecule has 1 atom stereocenters. The largest absolute Gasteiger partial charge is 0.497 e. The molecule has 0 spiro atoms. The Labute approximate surface area is 149 Å². The van der Waals surface area contributed by atoms with Gasteiger partial charge in [-0.25, -0.2) is 4.79 Å². The molecule has 0 unspecified atom stereocenters. The van der Waals surface area contributed by atoms with Crippen LogP contribution in [0.1, 0.15) is 45.1 Å². The fraction of sp³-hybridized carbons (Fsp3) is 0.600. The number of carboxylic acids is 1. The van der Waals surface area contributed by atoms with E-state index in [0.717, 1.165) is 37.0 Å². The van der Waals surface area contributed by atoms with E-state index in [9.17, 15) is 14.7 Å². The molecule has 1 fully saturated rings. The maximum absolute atomic E-state index is 12.5. The van der Waals surface area contributed by atoms with Crippen molar-refractivity contribution in [1.29, 1.82) is 0 Å². The van der Waals surface area contributed by atoms with Crippen molar-refractivity contribution < 1.29 is 19.4 Å². The highest BCUT2D eigenvalue weighted by molar-refractivity contribution is 5.85. The summed E-state index contributed by atoms with van der Waals surface area (Å²) in [7, 11) is 1.59. The van der Waals surface area contributed by atoms with Gasteiger partial charge in [-0.1, -0.05) is 26.0 Å². The summed E-state index contributed by atoms with van der Waals surface area (Å²) in [5, 5.41) is 12.2. The summed E-state index contributed by atoms with van der Waals surface area (Å²) in [6.45, 7) is 4.45.